The average Bonchev–Trinajstić information content (AvgIpc) is 3.03. The summed E-state index contributed by atoms with van der Waals surface area (Å²) in [6, 6.07) is 7.22. The number of benzene rings is 1. The van der Waals surface area contributed by atoms with Crippen LogP contribution in [0, 0.1) is 0 Å². The van der Waals surface area contributed by atoms with Crippen LogP contribution in [0.2, 0.25) is 0 Å². The van der Waals surface area contributed by atoms with E-state index >= 15 is 0 Å². The molecular weight excluding hydrogens is 326 g/mol. The standard InChI is InChI=1S/C14H15NO5S2/c1-19-11-5-3-4-10(8-11)6-7-22(17,18)14-15-12(9-21-14)13(16)20-2/h3-5,8-9H,6-7H2,1-2H3. The number of hydrogen-bond acceptors (Lipinski definition) is 7. The first-order chi connectivity index (χ1) is 10.5. The Bertz CT molecular complexity index is 767. The molecule has 8 heteroatoms. The van der Waals surface area contributed by atoms with Crippen LogP contribution in [-0.4, -0.2) is 39.3 Å². The molecular formula is C14H15NO5S2. The number of aryl methyl sites for hydroxylation is 1. The maximum Gasteiger partial charge on any atom is 0.357 e. The van der Waals surface area contributed by atoms with Gasteiger partial charge in [0.25, 0.3) is 0 Å². The highest BCUT2D eigenvalue weighted by Crippen LogP contribution is 2.20. The zero-order valence-electron chi connectivity index (χ0n) is 12.1. The van der Waals surface area contributed by atoms with Gasteiger partial charge in [0.05, 0.1) is 20.0 Å². The van der Waals surface area contributed by atoms with Crippen LogP contribution in [0.1, 0.15) is 16.1 Å². The molecule has 0 saturated heterocycles. The number of hydrogen-bond donors (Lipinski definition) is 0. The molecule has 1 heterocycles. The van der Waals surface area contributed by atoms with Gasteiger partial charge in [0, 0.05) is 5.38 Å². The van der Waals surface area contributed by atoms with Crippen LogP contribution in [0.25, 0.3) is 0 Å². The zero-order valence-corrected chi connectivity index (χ0v) is 13.7. The molecule has 0 bridgehead atoms. The van der Waals surface area contributed by atoms with E-state index in [1.54, 1.807) is 25.3 Å². The molecule has 0 amide bonds. The van der Waals surface area contributed by atoms with Gasteiger partial charge < -0.3 is 9.47 Å². The Morgan fingerprint density at radius 1 is 1.32 bits per heavy atom. The fraction of sp³-hybridized carbons (Fsp3) is 0.286. The quantitative estimate of drug-likeness (QED) is 0.747. The second kappa shape index (κ2) is 6.89. The number of ether oxygens (including phenoxy) is 2. The van der Waals surface area contributed by atoms with Crippen molar-refractivity contribution in [2.45, 2.75) is 10.8 Å². The highest BCUT2D eigenvalue weighted by molar-refractivity contribution is 7.93. The molecule has 0 radical (unpaired) electrons. The van der Waals surface area contributed by atoms with Crippen molar-refractivity contribution in [3.63, 3.8) is 0 Å². The molecule has 0 aliphatic heterocycles. The molecule has 0 N–H and O–H groups in total. The van der Waals surface area contributed by atoms with Gasteiger partial charge in [-0.1, -0.05) is 12.1 Å². The van der Waals surface area contributed by atoms with E-state index in [1.165, 1.54) is 12.5 Å². The Labute approximate surface area is 132 Å². The maximum absolute atomic E-state index is 12.2. The van der Waals surface area contributed by atoms with Crippen molar-refractivity contribution in [2.24, 2.45) is 0 Å². The number of methoxy groups -OCH3 is 2. The van der Waals surface area contributed by atoms with E-state index in [-0.39, 0.29) is 15.8 Å². The summed E-state index contributed by atoms with van der Waals surface area (Å²) < 4.78 is 34.0. The van der Waals surface area contributed by atoms with Crippen LogP contribution in [0.5, 0.6) is 5.75 Å². The average molecular weight is 341 g/mol. The topological polar surface area (TPSA) is 82.6 Å². The fourth-order valence-corrected chi connectivity index (χ4v) is 4.18. The minimum absolute atomic E-state index is 0.00690. The summed E-state index contributed by atoms with van der Waals surface area (Å²) in [4.78, 5) is 15.1. The maximum atomic E-state index is 12.2. The lowest BCUT2D eigenvalue weighted by molar-refractivity contribution is 0.0594. The van der Waals surface area contributed by atoms with Gasteiger partial charge in [0.15, 0.2) is 5.69 Å². The summed E-state index contributed by atoms with van der Waals surface area (Å²) in [7, 11) is -0.764. The predicted octanol–water partition coefficient (Wildman–Crippen LogP) is 1.95. The first-order valence-corrected chi connectivity index (χ1v) is 8.89. The van der Waals surface area contributed by atoms with E-state index in [0.717, 1.165) is 16.9 Å². The van der Waals surface area contributed by atoms with Gasteiger partial charge in [-0.2, -0.15) is 0 Å². The minimum Gasteiger partial charge on any atom is -0.497 e. The van der Waals surface area contributed by atoms with E-state index in [4.69, 9.17) is 4.74 Å². The SMILES string of the molecule is COC(=O)c1csc(S(=O)(=O)CCc2cccc(OC)c2)n1. The second-order valence-corrected chi connectivity index (χ2v) is 7.55. The summed E-state index contributed by atoms with van der Waals surface area (Å²) in [5.41, 5.74) is 0.861. The minimum atomic E-state index is -3.54. The third-order valence-electron chi connectivity index (χ3n) is 2.94. The Hall–Kier alpha value is -1.93. The van der Waals surface area contributed by atoms with Crippen LogP contribution >= 0.6 is 11.3 Å². The van der Waals surface area contributed by atoms with E-state index < -0.39 is 15.8 Å². The summed E-state index contributed by atoms with van der Waals surface area (Å²) in [5, 5.41) is 1.38. The summed E-state index contributed by atoms with van der Waals surface area (Å²) in [6.45, 7) is 0. The molecule has 1 aromatic heterocycles. The second-order valence-electron chi connectivity index (χ2n) is 4.41. The molecule has 22 heavy (non-hydrogen) atoms. The van der Waals surface area contributed by atoms with Crippen molar-refractivity contribution in [2.75, 3.05) is 20.0 Å². The number of esters is 1. The molecule has 2 aromatic rings. The molecule has 118 valence electrons. The van der Waals surface area contributed by atoms with E-state index in [2.05, 4.69) is 9.72 Å². The van der Waals surface area contributed by atoms with Crippen molar-refractivity contribution >= 4 is 27.1 Å². The van der Waals surface area contributed by atoms with Gasteiger partial charge in [0.1, 0.15) is 5.75 Å². The van der Waals surface area contributed by atoms with Gasteiger partial charge in [-0.25, -0.2) is 18.2 Å². The monoisotopic (exact) mass is 341 g/mol. The number of rotatable bonds is 6. The third-order valence-corrected chi connectivity index (χ3v) is 5.99. The number of carbonyl (C=O) groups excluding carboxylic acids is 1. The molecule has 0 saturated carbocycles. The van der Waals surface area contributed by atoms with Gasteiger partial charge >= 0.3 is 5.97 Å². The van der Waals surface area contributed by atoms with E-state index in [1.807, 2.05) is 6.07 Å². The first-order valence-electron chi connectivity index (χ1n) is 6.36. The van der Waals surface area contributed by atoms with Gasteiger partial charge in [-0.15, -0.1) is 11.3 Å². The van der Waals surface area contributed by atoms with Gasteiger partial charge in [-0.3, -0.25) is 0 Å². The molecule has 0 aliphatic carbocycles. The largest absolute Gasteiger partial charge is 0.497 e. The lowest BCUT2D eigenvalue weighted by Crippen LogP contribution is -2.10. The predicted molar refractivity (Wildman–Crippen MR) is 82.2 cm³/mol. The highest BCUT2D eigenvalue weighted by atomic mass is 32.2. The summed E-state index contributed by atoms with van der Waals surface area (Å²) in [6.07, 6.45) is 0.340. The molecule has 0 spiro atoms. The van der Waals surface area contributed by atoms with Crippen molar-refractivity contribution in [3.05, 3.63) is 40.9 Å². The number of aromatic nitrogens is 1. The Morgan fingerprint density at radius 2 is 2.09 bits per heavy atom. The number of carbonyl (C=O) groups is 1. The number of sulfone groups is 1. The lowest BCUT2D eigenvalue weighted by atomic mass is 10.2. The van der Waals surface area contributed by atoms with Crippen molar-refractivity contribution < 1.29 is 22.7 Å². The Balaban J connectivity index is 2.10. The Kier molecular flexibility index (Phi) is 5.15. The van der Waals surface area contributed by atoms with Crippen LogP contribution in [-0.2, 0) is 21.0 Å². The molecule has 1 aromatic carbocycles. The van der Waals surface area contributed by atoms with Crippen molar-refractivity contribution in [1.29, 1.82) is 0 Å². The molecule has 0 unspecified atom stereocenters. The third kappa shape index (κ3) is 3.83. The van der Waals surface area contributed by atoms with E-state index in [9.17, 15) is 13.2 Å². The zero-order chi connectivity index (χ0) is 16.2. The van der Waals surface area contributed by atoms with Gasteiger partial charge in [-0.05, 0) is 24.1 Å². The number of nitrogens with zero attached hydrogens (tertiary/aromatic N) is 1. The lowest BCUT2D eigenvalue weighted by Gasteiger charge is -2.04. The van der Waals surface area contributed by atoms with Crippen LogP contribution in [0.3, 0.4) is 0 Å². The normalized spacial score (nSPS) is 11.2. The van der Waals surface area contributed by atoms with Crippen molar-refractivity contribution in [3.8, 4) is 5.75 Å². The number of thiazole rings is 1. The molecule has 2 rings (SSSR count). The first kappa shape index (κ1) is 16.4. The molecule has 0 atom stereocenters. The summed E-state index contributed by atoms with van der Waals surface area (Å²) in [5.74, 6) is -0.0588. The Morgan fingerprint density at radius 3 is 2.77 bits per heavy atom. The molecule has 0 fully saturated rings. The smallest absolute Gasteiger partial charge is 0.357 e. The fourth-order valence-electron chi connectivity index (χ4n) is 1.77. The van der Waals surface area contributed by atoms with E-state index in [0.29, 0.717) is 12.2 Å². The molecule has 0 aliphatic rings. The van der Waals surface area contributed by atoms with Crippen LogP contribution in [0.15, 0.2) is 34.0 Å². The van der Waals surface area contributed by atoms with Crippen LogP contribution in [0.4, 0.5) is 0 Å². The van der Waals surface area contributed by atoms with Crippen LogP contribution < -0.4 is 4.74 Å². The van der Waals surface area contributed by atoms with Gasteiger partial charge in [0.2, 0.25) is 14.2 Å². The highest BCUT2D eigenvalue weighted by Gasteiger charge is 2.21. The summed E-state index contributed by atoms with van der Waals surface area (Å²) >= 11 is 0.918. The molecule has 6 nitrogen and oxygen atoms in total. The van der Waals surface area contributed by atoms with Crippen molar-refractivity contribution in [1.82, 2.24) is 4.98 Å².